The Labute approximate surface area is 105 Å². The van der Waals surface area contributed by atoms with Crippen LogP contribution in [0.1, 0.15) is 18.9 Å². The summed E-state index contributed by atoms with van der Waals surface area (Å²) in [6, 6.07) is 13.0. The first-order valence-electron chi connectivity index (χ1n) is 5.79. The fourth-order valence-electron chi connectivity index (χ4n) is 1.74. The van der Waals surface area contributed by atoms with Gasteiger partial charge in [0.05, 0.1) is 17.0 Å². The minimum Gasteiger partial charge on any atom is -0.253 e. The Morgan fingerprint density at radius 3 is 2.11 bits per heavy atom. The van der Waals surface area contributed by atoms with Crippen LogP contribution in [0, 0.1) is 11.6 Å². The summed E-state index contributed by atoms with van der Waals surface area (Å²) < 4.78 is 27.3. The van der Waals surface area contributed by atoms with Gasteiger partial charge in [0, 0.05) is 0 Å². The average Bonchev–Trinajstić information content (AvgIpc) is 2.38. The van der Waals surface area contributed by atoms with Crippen LogP contribution < -0.4 is 0 Å². The third-order valence-electron chi connectivity index (χ3n) is 2.61. The molecule has 2 aromatic rings. The van der Waals surface area contributed by atoms with Gasteiger partial charge in [-0.3, -0.25) is 4.99 Å². The lowest BCUT2D eigenvalue weighted by atomic mass is 10.1. The lowest BCUT2D eigenvalue weighted by Crippen LogP contribution is -2.05. The third-order valence-corrected chi connectivity index (χ3v) is 2.61. The molecule has 0 aliphatic heterocycles. The van der Waals surface area contributed by atoms with Gasteiger partial charge in [0.1, 0.15) is 11.6 Å². The summed E-state index contributed by atoms with van der Waals surface area (Å²) in [7, 11) is 0. The Balaban J connectivity index is 2.49. The highest BCUT2D eigenvalue weighted by atomic mass is 19.1. The summed E-state index contributed by atoms with van der Waals surface area (Å²) in [5, 5.41) is 0. The number of hydrogen-bond acceptors (Lipinski definition) is 1. The van der Waals surface area contributed by atoms with E-state index in [0.29, 0.717) is 17.8 Å². The van der Waals surface area contributed by atoms with Crippen molar-refractivity contribution in [1.82, 2.24) is 0 Å². The molecule has 0 N–H and O–H groups in total. The summed E-state index contributed by atoms with van der Waals surface area (Å²) in [6.07, 6.45) is 0.465. The first-order chi connectivity index (χ1) is 8.72. The number of nitrogens with zero attached hydrogens (tertiary/aromatic N) is 1. The molecule has 0 saturated heterocycles. The lowest BCUT2D eigenvalue weighted by Gasteiger charge is -2.07. The highest BCUT2D eigenvalue weighted by Crippen LogP contribution is 2.19. The third kappa shape index (κ3) is 2.62. The van der Waals surface area contributed by atoms with Gasteiger partial charge in [-0.1, -0.05) is 31.2 Å². The van der Waals surface area contributed by atoms with Crippen LogP contribution in [0.3, 0.4) is 0 Å². The molecule has 1 nitrogen and oxygen atoms in total. The van der Waals surface area contributed by atoms with E-state index >= 15 is 0 Å². The summed E-state index contributed by atoms with van der Waals surface area (Å²) in [6.45, 7) is 1.83. The van der Waals surface area contributed by atoms with Crippen molar-refractivity contribution in [3.63, 3.8) is 0 Å². The lowest BCUT2D eigenvalue weighted by molar-refractivity contribution is 0.578. The van der Waals surface area contributed by atoms with Crippen LogP contribution >= 0.6 is 0 Å². The van der Waals surface area contributed by atoms with Crippen molar-refractivity contribution in [2.24, 2.45) is 4.99 Å². The van der Waals surface area contributed by atoms with E-state index in [1.807, 2.05) is 25.1 Å². The zero-order valence-electron chi connectivity index (χ0n) is 10.0. The fourth-order valence-corrected chi connectivity index (χ4v) is 1.74. The molecule has 18 heavy (non-hydrogen) atoms. The summed E-state index contributed by atoms with van der Waals surface area (Å²) in [5.41, 5.74) is 1.07. The average molecular weight is 245 g/mol. The number of aliphatic imine (C=N–C) groups is 1. The second-order valence-electron chi connectivity index (χ2n) is 3.84. The molecular weight excluding hydrogens is 232 g/mol. The molecule has 0 amide bonds. The first kappa shape index (κ1) is 12.4. The summed E-state index contributed by atoms with van der Waals surface area (Å²) >= 11 is 0. The van der Waals surface area contributed by atoms with Gasteiger partial charge >= 0.3 is 0 Å². The molecule has 92 valence electrons. The zero-order valence-corrected chi connectivity index (χ0v) is 10.0. The smallest absolute Gasteiger partial charge is 0.135 e. The molecule has 0 unspecified atom stereocenters. The Kier molecular flexibility index (Phi) is 3.82. The van der Waals surface area contributed by atoms with Crippen LogP contribution in [-0.2, 0) is 0 Å². The van der Waals surface area contributed by atoms with Crippen LogP contribution in [0.25, 0.3) is 0 Å². The Morgan fingerprint density at radius 2 is 1.56 bits per heavy atom. The van der Waals surface area contributed by atoms with E-state index in [1.54, 1.807) is 12.1 Å². The van der Waals surface area contributed by atoms with Crippen molar-refractivity contribution in [1.29, 1.82) is 0 Å². The van der Waals surface area contributed by atoms with Crippen molar-refractivity contribution in [3.05, 3.63) is 65.7 Å². The van der Waals surface area contributed by atoms with E-state index in [1.165, 1.54) is 18.2 Å². The van der Waals surface area contributed by atoms with Crippen LogP contribution in [-0.4, -0.2) is 5.71 Å². The predicted molar refractivity (Wildman–Crippen MR) is 69.3 cm³/mol. The van der Waals surface area contributed by atoms with Gasteiger partial charge in [0.2, 0.25) is 0 Å². The van der Waals surface area contributed by atoms with Gasteiger partial charge in [0.25, 0.3) is 0 Å². The molecule has 0 bridgehead atoms. The first-order valence-corrected chi connectivity index (χ1v) is 5.79. The topological polar surface area (TPSA) is 12.4 Å². The molecule has 0 atom stereocenters. The molecule has 0 saturated carbocycles. The van der Waals surface area contributed by atoms with Crippen molar-refractivity contribution in [2.45, 2.75) is 13.3 Å². The normalized spacial score (nSPS) is 11.6. The minimum atomic E-state index is -0.577. The Morgan fingerprint density at radius 1 is 0.944 bits per heavy atom. The molecular formula is C15H13F2N. The minimum absolute atomic E-state index is 0.0381. The van der Waals surface area contributed by atoms with E-state index in [2.05, 4.69) is 4.99 Å². The van der Waals surface area contributed by atoms with Crippen LogP contribution in [0.4, 0.5) is 14.5 Å². The second-order valence-corrected chi connectivity index (χ2v) is 3.84. The number of para-hydroxylation sites is 1. The van der Waals surface area contributed by atoms with Crippen LogP contribution in [0.2, 0.25) is 0 Å². The molecule has 0 aliphatic rings. The predicted octanol–water partition coefficient (Wildman–Crippen LogP) is 4.50. The number of hydrogen-bond donors (Lipinski definition) is 0. The van der Waals surface area contributed by atoms with Crippen LogP contribution in [0.5, 0.6) is 0 Å². The van der Waals surface area contributed by atoms with E-state index in [0.717, 1.165) is 0 Å². The van der Waals surface area contributed by atoms with Gasteiger partial charge in [-0.05, 0) is 30.7 Å². The Bertz CT molecular complexity index is 542. The van der Waals surface area contributed by atoms with Gasteiger partial charge in [-0.15, -0.1) is 0 Å². The Hall–Kier alpha value is -2.03. The summed E-state index contributed by atoms with van der Waals surface area (Å²) in [4.78, 5) is 4.31. The van der Waals surface area contributed by atoms with E-state index < -0.39 is 11.6 Å². The number of benzene rings is 2. The van der Waals surface area contributed by atoms with Gasteiger partial charge < -0.3 is 0 Å². The van der Waals surface area contributed by atoms with Crippen molar-refractivity contribution in [2.75, 3.05) is 0 Å². The van der Waals surface area contributed by atoms with Gasteiger partial charge in [0.15, 0.2) is 0 Å². The molecule has 0 spiro atoms. The molecule has 3 heteroatoms. The van der Waals surface area contributed by atoms with Crippen LogP contribution in [0.15, 0.2) is 53.5 Å². The SMILES string of the molecule is CCC(=Nc1ccccc1)c1c(F)cccc1F. The largest absolute Gasteiger partial charge is 0.253 e. The summed E-state index contributed by atoms with van der Waals surface area (Å²) in [5.74, 6) is -1.15. The van der Waals surface area contributed by atoms with Gasteiger partial charge in [-0.2, -0.15) is 0 Å². The van der Waals surface area contributed by atoms with Crippen molar-refractivity contribution in [3.8, 4) is 0 Å². The molecule has 2 aromatic carbocycles. The van der Waals surface area contributed by atoms with E-state index in [4.69, 9.17) is 0 Å². The molecule has 0 aromatic heterocycles. The quantitative estimate of drug-likeness (QED) is 0.706. The monoisotopic (exact) mass is 245 g/mol. The second kappa shape index (κ2) is 5.54. The number of halogens is 2. The molecule has 0 heterocycles. The maximum absolute atomic E-state index is 13.7. The van der Waals surface area contributed by atoms with Crippen molar-refractivity contribution >= 4 is 11.4 Å². The fraction of sp³-hybridized carbons (Fsp3) is 0.133. The van der Waals surface area contributed by atoms with E-state index in [9.17, 15) is 8.78 Å². The molecule has 0 fully saturated rings. The maximum Gasteiger partial charge on any atom is 0.135 e. The zero-order chi connectivity index (χ0) is 13.0. The highest BCUT2D eigenvalue weighted by Gasteiger charge is 2.13. The highest BCUT2D eigenvalue weighted by molar-refractivity contribution is 6.02. The molecule has 2 rings (SSSR count). The molecule has 0 radical (unpaired) electrons. The van der Waals surface area contributed by atoms with Crippen molar-refractivity contribution < 1.29 is 8.78 Å². The van der Waals surface area contributed by atoms with Gasteiger partial charge in [-0.25, -0.2) is 8.78 Å². The molecule has 0 aliphatic carbocycles. The van der Waals surface area contributed by atoms with E-state index in [-0.39, 0.29) is 5.56 Å². The maximum atomic E-state index is 13.7. The number of rotatable bonds is 3. The standard InChI is InChI=1S/C15H13F2N/c1-2-14(18-11-7-4-3-5-8-11)15-12(16)9-6-10-13(15)17/h3-10H,2H2,1H3.